The van der Waals surface area contributed by atoms with E-state index in [-0.39, 0.29) is 11.0 Å². The van der Waals surface area contributed by atoms with Gasteiger partial charge in [0, 0.05) is 6.07 Å². The number of aromatic nitrogens is 2. The largest absolute Gasteiger partial charge is 0.475 e. The lowest BCUT2D eigenvalue weighted by atomic mass is 10.3. The maximum atomic E-state index is 13.0. The average molecular weight is 198 g/mol. The molecule has 0 aliphatic heterocycles. The van der Waals surface area contributed by atoms with Gasteiger partial charge >= 0.3 is 5.97 Å². The van der Waals surface area contributed by atoms with Crippen molar-refractivity contribution in [1.82, 2.24) is 9.97 Å². The first-order valence-electron chi connectivity index (χ1n) is 3.66. The number of carboxylic acids is 1. The lowest BCUT2D eigenvalue weighted by Crippen LogP contribution is -1.97. The summed E-state index contributed by atoms with van der Waals surface area (Å²) in [6.45, 7) is 0. The molecule has 0 radical (unpaired) electrons. The van der Waals surface area contributed by atoms with Gasteiger partial charge in [-0.25, -0.2) is 18.6 Å². The molecule has 1 aromatic heterocycles. The van der Waals surface area contributed by atoms with Crippen LogP contribution in [0.5, 0.6) is 0 Å². The smallest absolute Gasteiger partial charge is 0.371 e. The number of aromatic carboxylic acids is 1. The van der Waals surface area contributed by atoms with Gasteiger partial charge in [0.05, 0.1) is 5.52 Å². The van der Waals surface area contributed by atoms with Crippen molar-refractivity contribution in [3.63, 3.8) is 0 Å². The molecule has 2 rings (SSSR count). The van der Waals surface area contributed by atoms with Crippen molar-refractivity contribution < 1.29 is 18.7 Å². The van der Waals surface area contributed by atoms with Crippen molar-refractivity contribution in [3.8, 4) is 0 Å². The minimum Gasteiger partial charge on any atom is -0.475 e. The number of carbonyl (C=O) groups is 1. The summed E-state index contributed by atoms with van der Waals surface area (Å²) in [7, 11) is 0. The number of aromatic amines is 1. The number of halogens is 2. The Bertz CT molecular complexity index is 521. The average Bonchev–Trinajstić information content (AvgIpc) is 2.47. The van der Waals surface area contributed by atoms with Gasteiger partial charge in [0.2, 0.25) is 5.82 Å². The molecule has 0 fully saturated rings. The van der Waals surface area contributed by atoms with Crippen molar-refractivity contribution in [3.05, 3.63) is 29.6 Å². The van der Waals surface area contributed by atoms with Crippen LogP contribution in [-0.4, -0.2) is 21.0 Å². The number of nitrogens with zero attached hydrogens (tertiary/aromatic N) is 1. The molecule has 0 atom stereocenters. The third-order valence-corrected chi connectivity index (χ3v) is 1.71. The number of nitrogens with one attached hydrogen (secondary N) is 1. The van der Waals surface area contributed by atoms with Gasteiger partial charge in [-0.05, 0) is 6.07 Å². The Morgan fingerprint density at radius 2 is 2.14 bits per heavy atom. The van der Waals surface area contributed by atoms with E-state index in [2.05, 4.69) is 9.97 Å². The molecule has 0 saturated carbocycles. The van der Waals surface area contributed by atoms with E-state index in [1.54, 1.807) is 0 Å². The second-order valence-corrected chi connectivity index (χ2v) is 2.67. The van der Waals surface area contributed by atoms with Crippen molar-refractivity contribution in [2.75, 3.05) is 0 Å². The first kappa shape index (κ1) is 8.61. The molecule has 0 aliphatic carbocycles. The summed E-state index contributed by atoms with van der Waals surface area (Å²) in [5, 5.41) is 8.54. The van der Waals surface area contributed by atoms with Crippen LogP contribution < -0.4 is 0 Å². The highest BCUT2D eigenvalue weighted by atomic mass is 19.1. The zero-order valence-electron chi connectivity index (χ0n) is 6.71. The Kier molecular flexibility index (Phi) is 1.70. The Labute approximate surface area is 76.2 Å². The molecule has 0 unspecified atom stereocenters. The summed E-state index contributed by atoms with van der Waals surface area (Å²) in [5.74, 6) is -3.40. The van der Waals surface area contributed by atoms with Crippen LogP contribution in [0.25, 0.3) is 11.0 Å². The molecule has 14 heavy (non-hydrogen) atoms. The minimum absolute atomic E-state index is 0.0277. The van der Waals surface area contributed by atoms with Crippen LogP contribution in [0, 0.1) is 11.6 Å². The Morgan fingerprint density at radius 3 is 2.79 bits per heavy atom. The second kappa shape index (κ2) is 2.76. The van der Waals surface area contributed by atoms with Crippen molar-refractivity contribution >= 4 is 17.0 Å². The molecule has 0 bridgehead atoms. The molecular weight excluding hydrogens is 194 g/mol. The van der Waals surface area contributed by atoms with Gasteiger partial charge in [0.25, 0.3) is 0 Å². The summed E-state index contributed by atoms with van der Waals surface area (Å²) in [6, 6.07) is 1.63. The molecule has 0 saturated heterocycles. The standard InChI is InChI=1S/C8H4F2N2O2/c9-3-1-4(10)6-5(2-3)11-7(12-6)8(13)14/h1-2H,(H,11,12)(H,13,14). The van der Waals surface area contributed by atoms with Gasteiger partial charge in [-0.2, -0.15) is 0 Å². The Balaban J connectivity index is 2.76. The fourth-order valence-corrected chi connectivity index (χ4v) is 1.14. The summed E-state index contributed by atoms with van der Waals surface area (Å²) >= 11 is 0. The van der Waals surface area contributed by atoms with Crippen molar-refractivity contribution in [1.29, 1.82) is 0 Å². The van der Waals surface area contributed by atoms with Gasteiger partial charge in [-0.1, -0.05) is 0 Å². The first-order valence-corrected chi connectivity index (χ1v) is 3.66. The highest BCUT2D eigenvalue weighted by Gasteiger charge is 2.13. The number of fused-ring (bicyclic) bond motifs is 1. The zero-order chi connectivity index (χ0) is 10.3. The van der Waals surface area contributed by atoms with Crippen LogP contribution in [0.2, 0.25) is 0 Å². The highest BCUT2D eigenvalue weighted by Crippen LogP contribution is 2.17. The maximum absolute atomic E-state index is 13.0. The molecule has 2 aromatic rings. The van der Waals surface area contributed by atoms with Crippen LogP contribution >= 0.6 is 0 Å². The lowest BCUT2D eigenvalue weighted by molar-refractivity contribution is 0.0685. The monoisotopic (exact) mass is 198 g/mol. The Hall–Kier alpha value is -1.98. The van der Waals surface area contributed by atoms with Gasteiger partial charge in [0.1, 0.15) is 11.3 Å². The zero-order valence-corrected chi connectivity index (χ0v) is 6.71. The normalized spacial score (nSPS) is 10.7. The molecule has 6 heteroatoms. The summed E-state index contributed by atoms with van der Waals surface area (Å²) < 4.78 is 25.7. The molecule has 0 spiro atoms. The topological polar surface area (TPSA) is 66.0 Å². The summed E-state index contributed by atoms with van der Waals surface area (Å²) in [6.07, 6.45) is 0. The molecular formula is C8H4F2N2O2. The molecule has 2 N–H and O–H groups in total. The number of H-pyrrole nitrogens is 1. The van der Waals surface area contributed by atoms with E-state index in [1.807, 2.05) is 0 Å². The van der Waals surface area contributed by atoms with E-state index in [9.17, 15) is 13.6 Å². The predicted octanol–water partition coefficient (Wildman–Crippen LogP) is 1.54. The number of carboxylic acid groups (broad SMARTS) is 1. The lowest BCUT2D eigenvalue weighted by Gasteiger charge is -1.90. The summed E-state index contributed by atoms with van der Waals surface area (Å²) in [5.41, 5.74) is -0.149. The van der Waals surface area contributed by atoms with E-state index in [4.69, 9.17) is 5.11 Å². The number of imidazole rings is 1. The van der Waals surface area contributed by atoms with Gasteiger partial charge < -0.3 is 10.1 Å². The minimum atomic E-state index is -1.32. The van der Waals surface area contributed by atoms with E-state index in [0.29, 0.717) is 6.07 Å². The van der Waals surface area contributed by atoms with E-state index >= 15 is 0 Å². The second-order valence-electron chi connectivity index (χ2n) is 2.67. The first-order chi connectivity index (χ1) is 6.58. The number of rotatable bonds is 1. The quantitative estimate of drug-likeness (QED) is 0.730. The third kappa shape index (κ3) is 1.20. The van der Waals surface area contributed by atoms with Crippen molar-refractivity contribution in [2.24, 2.45) is 0 Å². The highest BCUT2D eigenvalue weighted by molar-refractivity contribution is 5.89. The molecule has 4 nitrogen and oxygen atoms in total. The number of hydrogen-bond donors (Lipinski definition) is 2. The molecule has 1 aromatic carbocycles. The maximum Gasteiger partial charge on any atom is 0.371 e. The number of hydrogen-bond acceptors (Lipinski definition) is 2. The number of benzene rings is 1. The SMILES string of the molecule is O=C(O)c1nc2c(F)cc(F)cc2[nH]1. The summed E-state index contributed by atoms with van der Waals surface area (Å²) in [4.78, 5) is 16.2. The third-order valence-electron chi connectivity index (χ3n) is 1.71. The van der Waals surface area contributed by atoms with Gasteiger partial charge in [-0.3, -0.25) is 0 Å². The molecule has 0 amide bonds. The van der Waals surface area contributed by atoms with E-state index in [1.165, 1.54) is 0 Å². The predicted molar refractivity (Wildman–Crippen MR) is 43.0 cm³/mol. The van der Waals surface area contributed by atoms with Gasteiger partial charge in [0.15, 0.2) is 5.82 Å². The van der Waals surface area contributed by atoms with Crippen LogP contribution in [0.4, 0.5) is 8.78 Å². The van der Waals surface area contributed by atoms with Crippen molar-refractivity contribution in [2.45, 2.75) is 0 Å². The van der Waals surface area contributed by atoms with E-state index in [0.717, 1.165) is 6.07 Å². The van der Waals surface area contributed by atoms with Crippen LogP contribution in [0.15, 0.2) is 12.1 Å². The van der Waals surface area contributed by atoms with Crippen LogP contribution in [-0.2, 0) is 0 Å². The van der Waals surface area contributed by atoms with Gasteiger partial charge in [-0.15, -0.1) is 0 Å². The fraction of sp³-hybridized carbons (Fsp3) is 0. The molecule has 72 valence electrons. The van der Waals surface area contributed by atoms with Crippen LogP contribution in [0.3, 0.4) is 0 Å². The van der Waals surface area contributed by atoms with Crippen LogP contribution in [0.1, 0.15) is 10.6 Å². The molecule has 1 heterocycles. The fourth-order valence-electron chi connectivity index (χ4n) is 1.14. The van der Waals surface area contributed by atoms with E-state index < -0.39 is 23.4 Å². The molecule has 0 aliphatic rings. The Morgan fingerprint density at radius 1 is 1.43 bits per heavy atom.